The summed E-state index contributed by atoms with van der Waals surface area (Å²) in [4.78, 5) is 11.5. The molecule has 2 N–H and O–H groups in total. The summed E-state index contributed by atoms with van der Waals surface area (Å²) in [5.74, 6) is -0.256. The SMILES string of the molecule is CCC1(NC(=O)C(C)(C)O)CCC1. The normalized spacial score (nSPS) is 20.6. The maximum absolute atomic E-state index is 11.5. The van der Waals surface area contributed by atoms with E-state index in [1.54, 1.807) is 0 Å². The fraction of sp³-hybridized carbons (Fsp3) is 0.900. The Kier molecular flexibility index (Phi) is 2.66. The summed E-state index contributed by atoms with van der Waals surface area (Å²) >= 11 is 0. The van der Waals surface area contributed by atoms with Crippen LogP contribution in [-0.2, 0) is 4.79 Å². The van der Waals surface area contributed by atoms with Gasteiger partial charge in [-0.1, -0.05) is 6.92 Å². The summed E-state index contributed by atoms with van der Waals surface area (Å²) in [6, 6.07) is 0. The van der Waals surface area contributed by atoms with Crippen LogP contribution in [0, 0.1) is 0 Å². The first kappa shape index (κ1) is 10.5. The minimum Gasteiger partial charge on any atom is -0.381 e. The molecular formula is C10H19NO2. The highest BCUT2D eigenvalue weighted by atomic mass is 16.3. The van der Waals surface area contributed by atoms with Crippen LogP contribution in [0.1, 0.15) is 46.5 Å². The molecule has 13 heavy (non-hydrogen) atoms. The fourth-order valence-corrected chi connectivity index (χ4v) is 1.56. The number of aliphatic hydroxyl groups is 1. The summed E-state index contributed by atoms with van der Waals surface area (Å²) in [7, 11) is 0. The average Bonchev–Trinajstić information content (AvgIpc) is 1.94. The first-order valence-electron chi connectivity index (χ1n) is 4.95. The quantitative estimate of drug-likeness (QED) is 0.694. The number of amides is 1. The van der Waals surface area contributed by atoms with Crippen molar-refractivity contribution in [2.45, 2.75) is 57.6 Å². The van der Waals surface area contributed by atoms with Gasteiger partial charge in [0.05, 0.1) is 0 Å². The van der Waals surface area contributed by atoms with Crippen molar-refractivity contribution in [3.8, 4) is 0 Å². The van der Waals surface area contributed by atoms with Gasteiger partial charge in [0.15, 0.2) is 0 Å². The lowest BCUT2D eigenvalue weighted by Gasteiger charge is -2.43. The number of rotatable bonds is 3. The van der Waals surface area contributed by atoms with Crippen molar-refractivity contribution >= 4 is 5.91 Å². The van der Waals surface area contributed by atoms with E-state index in [1.807, 2.05) is 0 Å². The van der Waals surface area contributed by atoms with Crippen molar-refractivity contribution in [1.82, 2.24) is 5.32 Å². The number of nitrogens with one attached hydrogen (secondary N) is 1. The van der Waals surface area contributed by atoms with Gasteiger partial charge in [-0.2, -0.15) is 0 Å². The molecule has 1 rings (SSSR count). The Morgan fingerprint density at radius 1 is 1.54 bits per heavy atom. The van der Waals surface area contributed by atoms with E-state index in [9.17, 15) is 9.90 Å². The summed E-state index contributed by atoms with van der Waals surface area (Å²) in [5.41, 5.74) is -1.27. The second-order valence-electron chi connectivity index (χ2n) is 4.50. The lowest BCUT2D eigenvalue weighted by atomic mass is 9.74. The molecule has 0 aromatic heterocycles. The zero-order valence-corrected chi connectivity index (χ0v) is 8.68. The third-order valence-corrected chi connectivity index (χ3v) is 2.92. The Hall–Kier alpha value is -0.570. The number of hydrogen-bond donors (Lipinski definition) is 2. The van der Waals surface area contributed by atoms with E-state index in [0.717, 1.165) is 19.3 Å². The van der Waals surface area contributed by atoms with Crippen molar-refractivity contribution in [3.63, 3.8) is 0 Å². The number of hydrogen-bond acceptors (Lipinski definition) is 2. The molecule has 0 aromatic carbocycles. The van der Waals surface area contributed by atoms with Gasteiger partial charge in [0.1, 0.15) is 5.60 Å². The predicted molar refractivity (Wildman–Crippen MR) is 51.3 cm³/mol. The first-order chi connectivity index (χ1) is 5.90. The van der Waals surface area contributed by atoms with Crippen LogP contribution in [0.25, 0.3) is 0 Å². The molecule has 1 aliphatic carbocycles. The van der Waals surface area contributed by atoms with Crippen LogP contribution in [-0.4, -0.2) is 22.2 Å². The van der Waals surface area contributed by atoms with E-state index in [4.69, 9.17) is 0 Å². The maximum atomic E-state index is 11.5. The minimum absolute atomic E-state index is 0.0168. The van der Waals surface area contributed by atoms with E-state index in [-0.39, 0.29) is 11.4 Å². The van der Waals surface area contributed by atoms with Gasteiger partial charge in [0, 0.05) is 5.54 Å². The molecule has 1 aliphatic rings. The molecule has 0 unspecified atom stereocenters. The fourth-order valence-electron chi connectivity index (χ4n) is 1.56. The average molecular weight is 185 g/mol. The maximum Gasteiger partial charge on any atom is 0.251 e. The molecular weight excluding hydrogens is 166 g/mol. The first-order valence-corrected chi connectivity index (χ1v) is 4.95. The highest BCUT2D eigenvalue weighted by Gasteiger charge is 2.39. The lowest BCUT2D eigenvalue weighted by molar-refractivity contribution is -0.139. The van der Waals surface area contributed by atoms with Gasteiger partial charge < -0.3 is 10.4 Å². The van der Waals surface area contributed by atoms with Gasteiger partial charge in [0.2, 0.25) is 0 Å². The Morgan fingerprint density at radius 2 is 2.08 bits per heavy atom. The van der Waals surface area contributed by atoms with Gasteiger partial charge in [-0.3, -0.25) is 4.79 Å². The van der Waals surface area contributed by atoms with Gasteiger partial charge in [-0.05, 0) is 39.5 Å². The van der Waals surface area contributed by atoms with Crippen LogP contribution in [0.4, 0.5) is 0 Å². The zero-order chi connectivity index (χ0) is 10.1. The highest BCUT2D eigenvalue weighted by molar-refractivity contribution is 5.84. The van der Waals surface area contributed by atoms with Crippen molar-refractivity contribution < 1.29 is 9.90 Å². The van der Waals surface area contributed by atoms with Crippen LogP contribution < -0.4 is 5.32 Å². The molecule has 0 bridgehead atoms. The summed E-state index contributed by atoms with van der Waals surface area (Å²) in [6.45, 7) is 5.11. The van der Waals surface area contributed by atoms with Gasteiger partial charge >= 0.3 is 0 Å². The molecule has 3 heteroatoms. The summed E-state index contributed by atoms with van der Waals surface area (Å²) in [6.07, 6.45) is 4.23. The molecule has 76 valence electrons. The van der Waals surface area contributed by atoms with Crippen LogP contribution in [0.5, 0.6) is 0 Å². The lowest BCUT2D eigenvalue weighted by Crippen LogP contribution is -2.57. The molecule has 0 heterocycles. The molecule has 0 atom stereocenters. The third kappa shape index (κ3) is 2.21. The van der Waals surface area contributed by atoms with Crippen molar-refractivity contribution in [3.05, 3.63) is 0 Å². The largest absolute Gasteiger partial charge is 0.381 e. The van der Waals surface area contributed by atoms with E-state index >= 15 is 0 Å². The molecule has 0 spiro atoms. The Bertz CT molecular complexity index is 196. The molecule has 1 fully saturated rings. The van der Waals surface area contributed by atoms with Gasteiger partial charge in [0.25, 0.3) is 5.91 Å². The third-order valence-electron chi connectivity index (χ3n) is 2.92. The highest BCUT2D eigenvalue weighted by Crippen LogP contribution is 2.34. The van der Waals surface area contributed by atoms with E-state index in [1.165, 1.54) is 20.3 Å². The Balaban J connectivity index is 2.52. The Labute approximate surface area is 79.5 Å². The van der Waals surface area contributed by atoms with Crippen LogP contribution in [0.15, 0.2) is 0 Å². The van der Waals surface area contributed by atoms with E-state index < -0.39 is 5.60 Å². The number of carbonyl (C=O) groups is 1. The Morgan fingerprint density at radius 3 is 2.31 bits per heavy atom. The van der Waals surface area contributed by atoms with Crippen LogP contribution in [0.3, 0.4) is 0 Å². The number of carbonyl (C=O) groups excluding carboxylic acids is 1. The molecule has 1 saturated carbocycles. The molecule has 0 aromatic rings. The predicted octanol–water partition coefficient (Wildman–Crippen LogP) is 1.21. The molecule has 0 saturated heterocycles. The second-order valence-corrected chi connectivity index (χ2v) is 4.50. The molecule has 0 aliphatic heterocycles. The summed E-state index contributed by atoms with van der Waals surface area (Å²) in [5, 5.41) is 12.4. The van der Waals surface area contributed by atoms with E-state index in [0.29, 0.717) is 0 Å². The summed E-state index contributed by atoms with van der Waals surface area (Å²) < 4.78 is 0. The van der Waals surface area contributed by atoms with Crippen LogP contribution in [0.2, 0.25) is 0 Å². The minimum atomic E-state index is -1.25. The molecule has 1 amide bonds. The smallest absolute Gasteiger partial charge is 0.251 e. The topological polar surface area (TPSA) is 49.3 Å². The van der Waals surface area contributed by atoms with Crippen molar-refractivity contribution in [2.75, 3.05) is 0 Å². The monoisotopic (exact) mass is 185 g/mol. The van der Waals surface area contributed by atoms with Gasteiger partial charge in [-0.25, -0.2) is 0 Å². The standard InChI is InChI=1S/C10H19NO2/c1-4-10(6-5-7-10)11-8(12)9(2,3)13/h13H,4-7H2,1-3H3,(H,11,12). The van der Waals surface area contributed by atoms with Crippen molar-refractivity contribution in [2.24, 2.45) is 0 Å². The zero-order valence-electron chi connectivity index (χ0n) is 8.68. The van der Waals surface area contributed by atoms with Gasteiger partial charge in [-0.15, -0.1) is 0 Å². The molecule has 0 radical (unpaired) electrons. The van der Waals surface area contributed by atoms with Crippen LogP contribution >= 0.6 is 0 Å². The second kappa shape index (κ2) is 3.29. The van der Waals surface area contributed by atoms with E-state index in [2.05, 4.69) is 12.2 Å². The van der Waals surface area contributed by atoms with Crippen molar-refractivity contribution in [1.29, 1.82) is 0 Å². The molecule has 3 nitrogen and oxygen atoms in total.